The third kappa shape index (κ3) is 2.95. The number of hydrogen-bond acceptors (Lipinski definition) is 4. The monoisotopic (exact) mass is 408 g/mol. The third-order valence-electron chi connectivity index (χ3n) is 10.7. The Balaban J connectivity index is 1.70. The van der Waals surface area contributed by atoms with Crippen molar-refractivity contribution in [3.05, 3.63) is 0 Å². The van der Waals surface area contributed by atoms with E-state index in [1.54, 1.807) is 0 Å². The number of hydrogen-bond donors (Lipinski definition) is 3. The van der Waals surface area contributed by atoms with Crippen molar-refractivity contribution in [3.8, 4) is 0 Å². The van der Waals surface area contributed by atoms with Crippen LogP contribution in [0.25, 0.3) is 0 Å². The van der Waals surface area contributed by atoms with Gasteiger partial charge in [-0.15, -0.1) is 0 Å². The van der Waals surface area contributed by atoms with Gasteiger partial charge >= 0.3 is 0 Å². The van der Waals surface area contributed by atoms with Crippen LogP contribution in [0.5, 0.6) is 0 Å². The number of fused-ring (bicyclic) bond motifs is 5. The zero-order valence-electron chi connectivity index (χ0n) is 18.7. The van der Waals surface area contributed by atoms with Gasteiger partial charge in [0.2, 0.25) is 0 Å². The minimum atomic E-state index is 0.0170. The zero-order valence-corrected chi connectivity index (χ0v) is 19.5. The van der Waals surface area contributed by atoms with E-state index in [0.717, 1.165) is 24.1 Å². The summed E-state index contributed by atoms with van der Waals surface area (Å²) in [6.45, 7) is 9.95. The largest absolute Gasteiger partial charge is 0.325 e. The van der Waals surface area contributed by atoms with Crippen LogP contribution in [0.15, 0.2) is 0 Å². The Bertz CT molecular complexity index is 573. The molecule has 0 aromatic carbocycles. The molecule has 3 nitrogen and oxygen atoms in total. The Hall–Kier alpha value is 0.230. The van der Waals surface area contributed by atoms with Gasteiger partial charge in [-0.1, -0.05) is 53.4 Å². The summed E-state index contributed by atoms with van der Waals surface area (Å²) < 4.78 is 13.3. The van der Waals surface area contributed by atoms with Crippen LogP contribution in [0, 0.1) is 40.4 Å². The number of nitrogens with one attached hydrogen (secondary N) is 1. The molecule has 4 heteroatoms. The summed E-state index contributed by atoms with van der Waals surface area (Å²) in [7, 11) is 0. The first-order valence-electron chi connectivity index (χ1n) is 12.2. The maximum atomic E-state index is 9.79. The molecule has 0 spiro atoms. The number of rotatable bonds is 5. The summed E-state index contributed by atoms with van der Waals surface area (Å²) in [4.78, 5) is 0. The van der Waals surface area contributed by atoms with Crippen LogP contribution in [0.2, 0.25) is 0 Å². The lowest BCUT2D eigenvalue weighted by molar-refractivity contribution is -0.146. The normalized spacial score (nSPS) is 53.4. The van der Waals surface area contributed by atoms with Gasteiger partial charge in [0.1, 0.15) is 0 Å². The number of unbranched alkanes of at least 4 members (excludes halogenated alkanes) is 1. The smallest absolute Gasteiger partial charge is 0.0762 e. The molecule has 4 rings (SSSR count). The Kier molecular flexibility index (Phi) is 5.93. The van der Waals surface area contributed by atoms with Crippen molar-refractivity contribution in [1.82, 2.24) is 4.72 Å². The molecule has 28 heavy (non-hydrogen) atoms. The van der Waals surface area contributed by atoms with Gasteiger partial charge in [0, 0.05) is 11.6 Å². The minimum Gasteiger partial charge on any atom is -0.325 e. The van der Waals surface area contributed by atoms with Gasteiger partial charge in [0.25, 0.3) is 0 Å². The van der Waals surface area contributed by atoms with Crippen molar-refractivity contribution in [2.75, 3.05) is 0 Å². The Morgan fingerprint density at radius 2 is 1.79 bits per heavy atom. The van der Waals surface area contributed by atoms with Gasteiger partial charge in [-0.05, 0) is 85.4 Å². The first-order chi connectivity index (χ1) is 13.3. The summed E-state index contributed by atoms with van der Waals surface area (Å²) in [6.07, 6.45) is 14.4. The fraction of sp³-hybridized carbons (Fsp3) is 1.00. The summed E-state index contributed by atoms with van der Waals surface area (Å²) in [5.74, 6) is 3.61. The van der Waals surface area contributed by atoms with Crippen LogP contribution in [-0.4, -0.2) is 16.1 Å². The fourth-order valence-electron chi connectivity index (χ4n) is 9.10. The molecule has 6 unspecified atom stereocenters. The molecule has 9 atom stereocenters. The van der Waals surface area contributed by atoms with Crippen LogP contribution in [0.3, 0.4) is 0 Å². The van der Waals surface area contributed by atoms with Gasteiger partial charge in [0.05, 0.1) is 12.2 Å². The molecule has 4 aliphatic rings. The van der Waals surface area contributed by atoms with Gasteiger partial charge in [0.15, 0.2) is 0 Å². The standard InChI is InChI=1S/C24H44N2OS/c1-5-6-13-24(25)15-11-19-20-18(10-14-23(19,24)4)22(3)12-8-7-9-17(22)16(2)21(20)26-28-27/h16-21,26-27H,5-15,25H2,1-4H3/t16-,17?,18+,19?,20?,21?,22?,23?,24-/m1/s1. The second kappa shape index (κ2) is 7.73. The first kappa shape index (κ1) is 21.5. The molecule has 0 bridgehead atoms. The average molecular weight is 409 g/mol. The summed E-state index contributed by atoms with van der Waals surface area (Å²) in [5.41, 5.74) is 7.97. The second-order valence-electron chi connectivity index (χ2n) is 11.5. The first-order valence-corrected chi connectivity index (χ1v) is 12.9. The van der Waals surface area contributed by atoms with E-state index in [1.807, 2.05) is 0 Å². The van der Waals surface area contributed by atoms with E-state index in [2.05, 4.69) is 32.4 Å². The van der Waals surface area contributed by atoms with Crippen LogP contribution in [0.4, 0.5) is 0 Å². The molecule has 0 aromatic rings. The highest BCUT2D eigenvalue weighted by Crippen LogP contribution is 2.69. The van der Waals surface area contributed by atoms with E-state index < -0.39 is 0 Å². The van der Waals surface area contributed by atoms with E-state index in [9.17, 15) is 4.55 Å². The Morgan fingerprint density at radius 1 is 1.04 bits per heavy atom. The van der Waals surface area contributed by atoms with Crippen molar-refractivity contribution >= 4 is 12.2 Å². The van der Waals surface area contributed by atoms with Gasteiger partial charge in [-0.3, -0.25) is 0 Å². The van der Waals surface area contributed by atoms with Crippen LogP contribution in [0.1, 0.15) is 98.3 Å². The SMILES string of the molecule is CCCC[C@@]1(N)CCC2C3C(NSO)[C@H](C)C4CCCCC4(C)[C@H]3CCC21C. The van der Waals surface area contributed by atoms with E-state index in [0.29, 0.717) is 29.2 Å². The molecule has 0 amide bonds. The van der Waals surface area contributed by atoms with Crippen molar-refractivity contribution in [1.29, 1.82) is 0 Å². The van der Waals surface area contributed by atoms with Crippen molar-refractivity contribution in [2.24, 2.45) is 46.2 Å². The molecule has 4 aliphatic carbocycles. The average Bonchev–Trinajstić information content (AvgIpc) is 2.94. The second-order valence-corrected chi connectivity index (χ2v) is 11.9. The maximum absolute atomic E-state index is 9.79. The van der Waals surface area contributed by atoms with E-state index in [4.69, 9.17) is 5.73 Å². The zero-order chi connectivity index (χ0) is 20.2. The molecule has 162 valence electrons. The summed E-state index contributed by atoms with van der Waals surface area (Å²) in [6, 6.07) is 0.425. The lowest BCUT2D eigenvalue weighted by Gasteiger charge is -2.65. The molecule has 4 saturated carbocycles. The number of nitrogens with two attached hydrogens (primary N) is 1. The van der Waals surface area contributed by atoms with Crippen molar-refractivity contribution < 1.29 is 4.55 Å². The highest BCUT2D eigenvalue weighted by molar-refractivity contribution is 7.91. The van der Waals surface area contributed by atoms with E-state index in [1.165, 1.54) is 70.6 Å². The summed E-state index contributed by atoms with van der Waals surface area (Å²) in [5, 5.41) is 0. The molecular formula is C24H44N2OS. The highest BCUT2D eigenvalue weighted by atomic mass is 32.2. The Labute approximate surface area is 177 Å². The lowest BCUT2D eigenvalue weighted by Crippen LogP contribution is -2.65. The highest BCUT2D eigenvalue weighted by Gasteiger charge is 2.66. The van der Waals surface area contributed by atoms with Gasteiger partial charge in [-0.25, -0.2) is 4.72 Å². The Morgan fingerprint density at radius 3 is 2.50 bits per heavy atom. The minimum absolute atomic E-state index is 0.0170. The molecule has 0 heterocycles. The van der Waals surface area contributed by atoms with E-state index >= 15 is 0 Å². The van der Waals surface area contributed by atoms with Crippen LogP contribution >= 0.6 is 12.2 Å². The fourth-order valence-corrected chi connectivity index (χ4v) is 9.59. The topological polar surface area (TPSA) is 58.3 Å². The van der Waals surface area contributed by atoms with Crippen molar-refractivity contribution in [3.63, 3.8) is 0 Å². The maximum Gasteiger partial charge on any atom is 0.0762 e. The third-order valence-corrected chi connectivity index (χ3v) is 11.1. The van der Waals surface area contributed by atoms with Crippen molar-refractivity contribution in [2.45, 2.75) is 110 Å². The predicted molar refractivity (Wildman–Crippen MR) is 120 cm³/mol. The molecule has 4 fully saturated rings. The van der Waals surface area contributed by atoms with Crippen LogP contribution < -0.4 is 10.5 Å². The van der Waals surface area contributed by atoms with E-state index in [-0.39, 0.29) is 11.0 Å². The van der Waals surface area contributed by atoms with Gasteiger partial charge in [-0.2, -0.15) is 0 Å². The predicted octanol–water partition coefficient (Wildman–Crippen LogP) is 6.24. The molecule has 4 N–H and O–H groups in total. The quantitative estimate of drug-likeness (QED) is 0.372. The molecule has 0 saturated heterocycles. The summed E-state index contributed by atoms with van der Waals surface area (Å²) >= 11 is 0.872. The molecule has 0 radical (unpaired) electrons. The molecule has 0 aliphatic heterocycles. The van der Waals surface area contributed by atoms with Gasteiger partial charge < -0.3 is 10.3 Å². The molecule has 0 aromatic heterocycles. The lowest BCUT2D eigenvalue weighted by atomic mass is 9.41. The molecular weight excluding hydrogens is 364 g/mol. The van der Waals surface area contributed by atoms with Crippen LogP contribution in [-0.2, 0) is 0 Å².